The highest BCUT2D eigenvalue weighted by Gasteiger charge is 2.31. The second-order valence-electron chi connectivity index (χ2n) is 8.22. The molecule has 1 saturated heterocycles. The van der Waals surface area contributed by atoms with Crippen molar-refractivity contribution >= 4 is 38.4 Å². The SMILES string of the molecule is CCOC(=O)c1sc(NC(=O)c2ccc(S(=O)(=O)N3CCCC[C@H]3C)cc2)nc1-c1ccccc1. The number of nitrogens with zero attached hydrogens (tertiary/aromatic N) is 2. The molecule has 0 radical (unpaired) electrons. The van der Waals surface area contributed by atoms with Crippen molar-refractivity contribution in [2.75, 3.05) is 18.5 Å². The van der Waals surface area contributed by atoms with Crippen molar-refractivity contribution in [3.8, 4) is 11.3 Å². The number of anilines is 1. The van der Waals surface area contributed by atoms with Crippen molar-refractivity contribution in [3.63, 3.8) is 0 Å². The number of benzene rings is 2. The number of sulfonamides is 1. The lowest BCUT2D eigenvalue weighted by atomic mass is 10.1. The van der Waals surface area contributed by atoms with Gasteiger partial charge < -0.3 is 4.74 Å². The number of ether oxygens (including phenoxy) is 1. The number of aromatic nitrogens is 1. The fraction of sp³-hybridized carbons (Fsp3) is 0.320. The molecule has 1 N–H and O–H groups in total. The number of rotatable bonds is 7. The van der Waals surface area contributed by atoms with Crippen LogP contribution in [0.15, 0.2) is 59.5 Å². The number of hydrogen-bond acceptors (Lipinski definition) is 7. The highest BCUT2D eigenvalue weighted by molar-refractivity contribution is 7.89. The number of esters is 1. The van der Waals surface area contributed by atoms with Gasteiger partial charge in [0.05, 0.1) is 17.2 Å². The van der Waals surface area contributed by atoms with Gasteiger partial charge in [-0.05, 0) is 51.0 Å². The molecule has 0 unspecified atom stereocenters. The third-order valence-electron chi connectivity index (χ3n) is 5.82. The summed E-state index contributed by atoms with van der Waals surface area (Å²) in [5.41, 5.74) is 1.44. The van der Waals surface area contributed by atoms with Crippen molar-refractivity contribution in [1.29, 1.82) is 0 Å². The van der Waals surface area contributed by atoms with Crippen LogP contribution >= 0.6 is 11.3 Å². The van der Waals surface area contributed by atoms with Crippen molar-refractivity contribution in [1.82, 2.24) is 9.29 Å². The normalized spacial score (nSPS) is 16.6. The average molecular weight is 514 g/mol. The molecule has 0 spiro atoms. The predicted molar refractivity (Wildman–Crippen MR) is 135 cm³/mol. The minimum absolute atomic E-state index is 0.0472. The Hall–Kier alpha value is -3.08. The maximum absolute atomic E-state index is 13.0. The highest BCUT2D eigenvalue weighted by Crippen LogP contribution is 2.32. The molecule has 35 heavy (non-hydrogen) atoms. The van der Waals surface area contributed by atoms with Gasteiger partial charge in [0, 0.05) is 23.7 Å². The third kappa shape index (κ3) is 5.44. The number of piperidine rings is 1. The molecule has 1 fully saturated rings. The molecule has 3 aromatic rings. The van der Waals surface area contributed by atoms with Gasteiger partial charge in [-0.15, -0.1) is 0 Å². The van der Waals surface area contributed by atoms with Gasteiger partial charge >= 0.3 is 5.97 Å². The minimum Gasteiger partial charge on any atom is -0.462 e. The van der Waals surface area contributed by atoms with E-state index in [1.165, 1.54) is 28.6 Å². The van der Waals surface area contributed by atoms with E-state index in [4.69, 9.17) is 4.74 Å². The number of thiazole rings is 1. The molecule has 2 heterocycles. The quantitative estimate of drug-likeness (QED) is 0.455. The summed E-state index contributed by atoms with van der Waals surface area (Å²) < 4.78 is 32.8. The van der Waals surface area contributed by atoms with E-state index < -0.39 is 21.9 Å². The van der Waals surface area contributed by atoms with E-state index >= 15 is 0 Å². The van der Waals surface area contributed by atoms with Crippen LogP contribution in [-0.2, 0) is 14.8 Å². The molecule has 184 valence electrons. The number of carbonyl (C=O) groups is 2. The van der Waals surface area contributed by atoms with Crippen LogP contribution in [-0.4, -0.2) is 48.8 Å². The van der Waals surface area contributed by atoms with Gasteiger partial charge in [-0.2, -0.15) is 4.31 Å². The van der Waals surface area contributed by atoms with E-state index in [1.54, 1.807) is 6.92 Å². The lowest BCUT2D eigenvalue weighted by molar-refractivity contribution is 0.0532. The Morgan fingerprint density at radius 2 is 1.83 bits per heavy atom. The Morgan fingerprint density at radius 3 is 2.49 bits per heavy atom. The summed E-state index contributed by atoms with van der Waals surface area (Å²) in [4.78, 5) is 30.2. The second kappa shape index (κ2) is 10.7. The van der Waals surface area contributed by atoms with Gasteiger partial charge in [0.2, 0.25) is 10.0 Å². The number of nitrogens with one attached hydrogen (secondary N) is 1. The first-order valence-corrected chi connectivity index (χ1v) is 13.7. The predicted octanol–water partition coefficient (Wildman–Crippen LogP) is 4.80. The maximum Gasteiger partial charge on any atom is 0.350 e. The molecule has 1 aliphatic heterocycles. The smallest absolute Gasteiger partial charge is 0.350 e. The van der Waals surface area contributed by atoms with Crippen LogP contribution in [0.3, 0.4) is 0 Å². The Balaban J connectivity index is 1.54. The zero-order chi connectivity index (χ0) is 25.0. The van der Waals surface area contributed by atoms with Crippen molar-refractivity contribution in [2.45, 2.75) is 44.0 Å². The largest absolute Gasteiger partial charge is 0.462 e. The van der Waals surface area contributed by atoms with Gasteiger partial charge in [-0.25, -0.2) is 18.2 Å². The lowest BCUT2D eigenvalue weighted by Crippen LogP contribution is -2.41. The van der Waals surface area contributed by atoms with E-state index in [0.29, 0.717) is 17.1 Å². The highest BCUT2D eigenvalue weighted by atomic mass is 32.2. The molecule has 1 amide bonds. The summed E-state index contributed by atoms with van der Waals surface area (Å²) in [5, 5.41) is 2.96. The number of carbonyl (C=O) groups excluding carboxylic acids is 2. The number of amides is 1. The van der Waals surface area contributed by atoms with Crippen LogP contribution in [0, 0.1) is 0 Å². The van der Waals surface area contributed by atoms with E-state index in [9.17, 15) is 18.0 Å². The molecule has 4 rings (SSSR count). The molecule has 1 aromatic heterocycles. The topological polar surface area (TPSA) is 106 Å². The Bertz CT molecular complexity index is 1300. The summed E-state index contributed by atoms with van der Waals surface area (Å²) in [6.45, 7) is 4.36. The van der Waals surface area contributed by atoms with Crippen LogP contribution < -0.4 is 5.32 Å². The van der Waals surface area contributed by atoms with E-state index in [0.717, 1.165) is 36.2 Å². The Kier molecular flexibility index (Phi) is 7.63. The fourth-order valence-electron chi connectivity index (χ4n) is 4.01. The summed E-state index contributed by atoms with van der Waals surface area (Å²) >= 11 is 1.03. The van der Waals surface area contributed by atoms with Crippen molar-refractivity contribution < 1.29 is 22.7 Å². The molecule has 10 heteroatoms. The van der Waals surface area contributed by atoms with Gasteiger partial charge in [0.1, 0.15) is 4.88 Å². The zero-order valence-corrected chi connectivity index (χ0v) is 21.2. The summed E-state index contributed by atoms with van der Waals surface area (Å²) in [6, 6.07) is 15.0. The van der Waals surface area contributed by atoms with Gasteiger partial charge in [0.15, 0.2) is 5.13 Å². The van der Waals surface area contributed by atoms with Crippen molar-refractivity contribution in [2.24, 2.45) is 0 Å². The lowest BCUT2D eigenvalue weighted by Gasteiger charge is -2.32. The van der Waals surface area contributed by atoms with Crippen LogP contribution in [0.25, 0.3) is 11.3 Å². The first-order chi connectivity index (χ1) is 16.8. The first-order valence-electron chi connectivity index (χ1n) is 11.5. The summed E-state index contributed by atoms with van der Waals surface area (Å²) in [5.74, 6) is -0.963. The molecular weight excluding hydrogens is 486 g/mol. The second-order valence-corrected chi connectivity index (χ2v) is 11.1. The average Bonchev–Trinajstić information content (AvgIpc) is 3.29. The summed E-state index contributed by atoms with van der Waals surface area (Å²) in [7, 11) is -3.62. The third-order valence-corrected chi connectivity index (χ3v) is 8.80. The molecule has 1 atom stereocenters. The molecule has 0 aliphatic carbocycles. The monoisotopic (exact) mass is 513 g/mol. The first kappa shape index (κ1) is 25.0. The van der Waals surface area contributed by atoms with Crippen LogP contribution in [0.2, 0.25) is 0 Å². The van der Waals surface area contributed by atoms with Crippen LogP contribution in [0.1, 0.15) is 53.1 Å². The Labute approximate surface area is 209 Å². The van der Waals surface area contributed by atoms with E-state index in [-0.39, 0.29) is 28.2 Å². The summed E-state index contributed by atoms with van der Waals surface area (Å²) in [6.07, 6.45) is 2.70. The van der Waals surface area contributed by atoms with Gasteiger partial charge in [0.25, 0.3) is 5.91 Å². The van der Waals surface area contributed by atoms with Gasteiger partial charge in [-0.3, -0.25) is 10.1 Å². The van der Waals surface area contributed by atoms with Crippen LogP contribution in [0.5, 0.6) is 0 Å². The number of hydrogen-bond donors (Lipinski definition) is 1. The molecule has 1 aliphatic rings. The maximum atomic E-state index is 13.0. The molecular formula is C25H27N3O5S2. The minimum atomic E-state index is -3.62. The zero-order valence-electron chi connectivity index (χ0n) is 19.6. The standard InChI is InChI=1S/C25H27N3O5S2/c1-3-33-24(30)22-21(18-10-5-4-6-11-18)26-25(34-22)27-23(29)19-12-14-20(15-13-19)35(31,32)28-16-8-7-9-17(28)2/h4-6,10-15,17H,3,7-9,16H2,1-2H3,(H,26,27,29)/t17-/m1/s1. The Morgan fingerprint density at radius 1 is 1.11 bits per heavy atom. The molecule has 8 nitrogen and oxygen atoms in total. The van der Waals surface area contributed by atoms with Crippen LogP contribution in [0.4, 0.5) is 5.13 Å². The molecule has 2 aromatic carbocycles. The van der Waals surface area contributed by atoms with E-state index in [2.05, 4.69) is 10.3 Å². The molecule has 0 saturated carbocycles. The van der Waals surface area contributed by atoms with Crippen molar-refractivity contribution in [3.05, 3.63) is 65.0 Å². The van der Waals surface area contributed by atoms with E-state index in [1.807, 2.05) is 37.3 Å². The molecule has 0 bridgehead atoms. The van der Waals surface area contributed by atoms with Gasteiger partial charge in [-0.1, -0.05) is 48.1 Å². The fourth-order valence-corrected chi connectivity index (χ4v) is 6.59.